The van der Waals surface area contributed by atoms with Gasteiger partial charge < -0.3 is 10.3 Å². The summed E-state index contributed by atoms with van der Waals surface area (Å²) in [6.07, 6.45) is 1.58. The van der Waals surface area contributed by atoms with Gasteiger partial charge in [0, 0.05) is 21.9 Å². The molecule has 0 aliphatic carbocycles. The lowest BCUT2D eigenvalue weighted by Crippen LogP contribution is -2.21. The van der Waals surface area contributed by atoms with Crippen LogP contribution in [0.5, 0.6) is 0 Å². The van der Waals surface area contributed by atoms with Crippen LogP contribution in [-0.4, -0.2) is 16.2 Å². The molecule has 3 aromatic heterocycles. The Balaban J connectivity index is 1.86. The summed E-state index contributed by atoms with van der Waals surface area (Å²) in [5, 5.41) is 6.07. The monoisotopic (exact) mass is 279 g/mol. The van der Waals surface area contributed by atoms with Crippen LogP contribution in [0.2, 0.25) is 0 Å². The molecule has 4 nitrogen and oxygen atoms in total. The van der Waals surface area contributed by atoms with Gasteiger partial charge in [0.15, 0.2) is 5.82 Å². The Labute approximate surface area is 112 Å². The zero-order valence-corrected chi connectivity index (χ0v) is 11.6. The molecule has 0 bridgehead atoms. The highest BCUT2D eigenvalue weighted by molar-refractivity contribution is 7.28. The summed E-state index contributed by atoms with van der Waals surface area (Å²) in [6.45, 7) is 2.05. The summed E-state index contributed by atoms with van der Waals surface area (Å²) >= 11 is 3.40. The Bertz CT molecular complexity index is 626. The van der Waals surface area contributed by atoms with E-state index in [0.29, 0.717) is 18.1 Å². The minimum Gasteiger partial charge on any atom is -0.333 e. The molecule has 2 N–H and O–H groups in total. The Hall–Kier alpha value is -1.24. The smallest absolute Gasteiger partial charge is 0.268 e. The molecule has 0 saturated carbocycles. The third kappa shape index (κ3) is 2.19. The standard InChI is InChI=1S/C12H13N3OS2/c1-2-7(13)5-11-14-12(16-15-11)10-6-9-8(18-10)3-4-17-9/h3-4,6-7H,2,5,13H2,1H3. The van der Waals surface area contributed by atoms with E-state index in [2.05, 4.69) is 34.6 Å². The summed E-state index contributed by atoms with van der Waals surface area (Å²) in [7, 11) is 0. The van der Waals surface area contributed by atoms with Crippen LogP contribution in [0.1, 0.15) is 19.2 Å². The first-order valence-corrected chi connectivity index (χ1v) is 7.51. The van der Waals surface area contributed by atoms with E-state index >= 15 is 0 Å². The van der Waals surface area contributed by atoms with Crippen LogP contribution in [0, 0.1) is 0 Å². The third-order valence-corrected chi connectivity index (χ3v) is 4.87. The first kappa shape index (κ1) is 11.8. The van der Waals surface area contributed by atoms with Crippen molar-refractivity contribution >= 4 is 32.1 Å². The molecule has 18 heavy (non-hydrogen) atoms. The average Bonchev–Trinajstić information content (AvgIpc) is 3.01. The highest BCUT2D eigenvalue weighted by atomic mass is 32.1. The van der Waals surface area contributed by atoms with Gasteiger partial charge in [-0.2, -0.15) is 4.98 Å². The first-order valence-electron chi connectivity index (χ1n) is 5.82. The van der Waals surface area contributed by atoms with Crippen molar-refractivity contribution in [2.24, 2.45) is 5.73 Å². The van der Waals surface area contributed by atoms with E-state index < -0.39 is 0 Å². The van der Waals surface area contributed by atoms with Crippen molar-refractivity contribution in [2.75, 3.05) is 0 Å². The summed E-state index contributed by atoms with van der Waals surface area (Å²) in [4.78, 5) is 5.43. The Morgan fingerprint density at radius 2 is 2.33 bits per heavy atom. The fraction of sp³-hybridized carbons (Fsp3) is 0.333. The zero-order valence-electron chi connectivity index (χ0n) is 9.92. The highest BCUT2D eigenvalue weighted by Crippen LogP contribution is 2.35. The molecular formula is C12H13N3OS2. The van der Waals surface area contributed by atoms with E-state index in [0.717, 1.165) is 11.3 Å². The predicted octanol–water partition coefficient (Wildman–Crippen LogP) is 3.29. The van der Waals surface area contributed by atoms with Gasteiger partial charge in [-0.05, 0) is 23.9 Å². The predicted molar refractivity (Wildman–Crippen MR) is 75.0 cm³/mol. The molecule has 0 aromatic carbocycles. The van der Waals surface area contributed by atoms with Crippen LogP contribution in [0.4, 0.5) is 0 Å². The minimum atomic E-state index is 0.0993. The summed E-state index contributed by atoms with van der Waals surface area (Å²) < 4.78 is 7.82. The number of nitrogens with zero attached hydrogens (tertiary/aromatic N) is 2. The van der Waals surface area contributed by atoms with Crippen LogP contribution in [0.3, 0.4) is 0 Å². The van der Waals surface area contributed by atoms with E-state index in [9.17, 15) is 0 Å². The molecular weight excluding hydrogens is 266 g/mol. The number of thiophene rings is 2. The van der Waals surface area contributed by atoms with Crippen molar-refractivity contribution in [2.45, 2.75) is 25.8 Å². The van der Waals surface area contributed by atoms with Crippen LogP contribution in [-0.2, 0) is 6.42 Å². The number of aromatic nitrogens is 2. The molecule has 0 aliphatic heterocycles. The Morgan fingerprint density at radius 1 is 1.44 bits per heavy atom. The lowest BCUT2D eigenvalue weighted by atomic mass is 10.2. The summed E-state index contributed by atoms with van der Waals surface area (Å²) in [5.74, 6) is 1.29. The number of fused-ring (bicyclic) bond motifs is 1. The van der Waals surface area contributed by atoms with Crippen LogP contribution in [0.15, 0.2) is 22.0 Å². The van der Waals surface area contributed by atoms with Crippen molar-refractivity contribution in [3.05, 3.63) is 23.3 Å². The fourth-order valence-corrected chi connectivity index (χ4v) is 3.72. The average molecular weight is 279 g/mol. The Kier molecular flexibility index (Phi) is 3.15. The van der Waals surface area contributed by atoms with Gasteiger partial charge in [0.05, 0.1) is 4.88 Å². The van der Waals surface area contributed by atoms with Crippen LogP contribution < -0.4 is 5.73 Å². The third-order valence-electron chi connectivity index (χ3n) is 2.79. The van der Waals surface area contributed by atoms with Gasteiger partial charge >= 0.3 is 0 Å². The highest BCUT2D eigenvalue weighted by Gasteiger charge is 2.14. The molecule has 6 heteroatoms. The lowest BCUT2D eigenvalue weighted by Gasteiger charge is -2.02. The van der Waals surface area contributed by atoms with Gasteiger partial charge in [0.1, 0.15) is 0 Å². The maximum absolute atomic E-state index is 5.88. The molecule has 3 rings (SSSR count). The molecule has 0 radical (unpaired) electrons. The lowest BCUT2D eigenvalue weighted by molar-refractivity contribution is 0.420. The van der Waals surface area contributed by atoms with Gasteiger partial charge in [-0.3, -0.25) is 0 Å². The van der Waals surface area contributed by atoms with E-state index in [1.807, 2.05) is 0 Å². The molecule has 0 aliphatic rings. The maximum Gasteiger partial charge on any atom is 0.268 e. The summed E-state index contributed by atoms with van der Waals surface area (Å²) in [5.41, 5.74) is 5.88. The maximum atomic E-state index is 5.88. The van der Waals surface area contributed by atoms with Crippen molar-refractivity contribution in [3.63, 3.8) is 0 Å². The van der Waals surface area contributed by atoms with Gasteiger partial charge in [0.25, 0.3) is 5.89 Å². The zero-order chi connectivity index (χ0) is 12.5. The fourth-order valence-electron chi connectivity index (χ4n) is 1.69. The van der Waals surface area contributed by atoms with E-state index in [4.69, 9.17) is 10.3 Å². The molecule has 0 amide bonds. The molecule has 1 atom stereocenters. The van der Waals surface area contributed by atoms with Gasteiger partial charge in [-0.15, -0.1) is 22.7 Å². The quantitative estimate of drug-likeness (QED) is 0.796. The molecule has 3 aromatic rings. The second kappa shape index (κ2) is 4.79. The van der Waals surface area contributed by atoms with Crippen molar-refractivity contribution in [3.8, 4) is 10.8 Å². The van der Waals surface area contributed by atoms with Crippen LogP contribution in [0.25, 0.3) is 20.2 Å². The summed E-state index contributed by atoms with van der Waals surface area (Å²) in [6, 6.07) is 4.31. The Morgan fingerprint density at radius 3 is 3.11 bits per heavy atom. The number of rotatable bonds is 4. The molecule has 94 valence electrons. The molecule has 0 saturated heterocycles. The second-order valence-electron chi connectivity index (χ2n) is 4.15. The van der Waals surface area contributed by atoms with Crippen molar-refractivity contribution in [1.29, 1.82) is 0 Å². The van der Waals surface area contributed by atoms with Crippen LogP contribution >= 0.6 is 22.7 Å². The van der Waals surface area contributed by atoms with E-state index in [1.54, 1.807) is 22.7 Å². The van der Waals surface area contributed by atoms with Crippen molar-refractivity contribution < 1.29 is 4.52 Å². The topological polar surface area (TPSA) is 64.9 Å². The molecule has 3 heterocycles. The number of hydrogen-bond acceptors (Lipinski definition) is 6. The van der Waals surface area contributed by atoms with Gasteiger partial charge in [-0.1, -0.05) is 12.1 Å². The largest absolute Gasteiger partial charge is 0.333 e. The van der Waals surface area contributed by atoms with Gasteiger partial charge in [-0.25, -0.2) is 0 Å². The molecule has 1 unspecified atom stereocenters. The first-order chi connectivity index (χ1) is 8.76. The van der Waals surface area contributed by atoms with Crippen molar-refractivity contribution in [1.82, 2.24) is 10.1 Å². The molecule has 0 fully saturated rings. The number of nitrogens with two attached hydrogens (primary N) is 1. The van der Waals surface area contributed by atoms with Gasteiger partial charge in [0.2, 0.25) is 0 Å². The number of hydrogen-bond donors (Lipinski definition) is 1. The van der Waals surface area contributed by atoms with E-state index in [-0.39, 0.29) is 6.04 Å². The minimum absolute atomic E-state index is 0.0993. The normalized spacial score (nSPS) is 13.2. The van der Waals surface area contributed by atoms with E-state index in [1.165, 1.54) is 9.40 Å². The SMILES string of the molecule is CCC(N)Cc1noc(-c2cc3sccc3s2)n1. The second-order valence-corrected chi connectivity index (χ2v) is 6.18. The molecule has 0 spiro atoms.